The number of carbonyl (C=O) groups is 1. The number of benzene rings is 2. The summed E-state index contributed by atoms with van der Waals surface area (Å²) in [7, 11) is 0. The predicted molar refractivity (Wildman–Crippen MR) is 72.0 cm³/mol. The van der Waals surface area contributed by atoms with Crippen molar-refractivity contribution in [3.8, 4) is 0 Å². The van der Waals surface area contributed by atoms with Gasteiger partial charge in [0.25, 0.3) is 0 Å². The topological polar surface area (TPSA) is 17.1 Å². The van der Waals surface area contributed by atoms with Gasteiger partial charge in [-0.15, -0.1) is 0 Å². The van der Waals surface area contributed by atoms with E-state index < -0.39 is 0 Å². The van der Waals surface area contributed by atoms with Crippen LogP contribution in [0.15, 0.2) is 66.7 Å². The summed E-state index contributed by atoms with van der Waals surface area (Å²) >= 11 is 0. The number of ketones is 1. The molecule has 82 valence electrons. The van der Waals surface area contributed by atoms with Crippen LogP contribution in [0, 0.1) is 0 Å². The van der Waals surface area contributed by atoms with Crippen LogP contribution in [0.1, 0.15) is 15.9 Å². The van der Waals surface area contributed by atoms with Gasteiger partial charge in [-0.3, -0.25) is 4.79 Å². The minimum Gasteiger partial charge on any atom is -0.289 e. The predicted octanol–water partition coefficient (Wildman–Crippen LogP) is 3.20. The summed E-state index contributed by atoms with van der Waals surface area (Å²) in [6.45, 7) is 0. The first kappa shape index (κ1) is 13.8. The molecule has 0 heterocycles. The molecule has 0 unspecified atom stereocenters. The Bertz CT molecular complexity index is 489. The summed E-state index contributed by atoms with van der Waals surface area (Å²) in [5, 5.41) is 0. The maximum absolute atomic E-state index is 11.7. The van der Waals surface area contributed by atoms with Gasteiger partial charge in [0.15, 0.2) is 5.78 Å². The Morgan fingerprint density at radius 3 is 1.94 bits per heavy atom. The number of rotatable bonds is 3. The molecular formula is C15H12OPb. The molecule has 2 rings (SSSR count). The maximum atomic E-state index is 11.7. The molecule has 2 heteroatoms. The van der Waals surface area contributed by atoms with Gasteiger partial charge in [-0.2, -0.15) is 0 Å². The van der Waals surface area contributed by atoms with Crippen molar-refractivity contribution in [2.75, 3.05) is 0 Å². The summed E-state index contributed by atoms with van der Waals surface area (Å²) in [4.78, 5) is 11.7. The Labute approximate surface area is 121 Å². The van der Waals surface area contributed by atoms with E-state index in [0.29, 0.717) is 0 Å². The average Bonchev–Trinajstić information content (AvgIpc) is 2.38. The van der Waals surface area contributed by atoms with Crippen LogP contribution in [-0.4, -0.2) is 33.1 Å². The third-order valence-electron chi connectivity index (χ3n) is 2.29. The summed E-state index contributed by atoms with van der Waals surface area (Å²) in [6.07, 6.45) is 3.43. The number of carbonyl (C=O) groups excluding carboxylic acids is 1. The van der Waals surface area contributed by atoms with Gasteiger partial charge in [-0.1, -0.05) is 66.7 Å². The Morgan fingerprint density at radius 1 is 0.824 bits per heavy atom. The zero-order chi connectivity index (χ0) is 11.2. The fraction of sp³-hybridized carbons (Fsp3) is 0. The number of allylic oxidation sites excluding steroid dienone is 1. The molecule has 0 saturated heterocycles. The monoisotopic (exact) mass is 416 g/mol. The van der Waals surface area contributed by atoms with Crippen LogP contribution in [0.2, 0.25) is 0 Å². The minimum atomic E-state index is 0. The molecular weight excluding hydrogens is 403 g/mol. The molecule has 0 fully saturated rings. The molecule has 0 aromatic heterocycles. The standard InChI is InChI=1S/C15H12O.Pb/c16-15(14-9-5-2-6-10-14)12-11-13-7-3-1-4-8-13;/h1-12H;. The summed E-state index contributed by atoms with van der Waals surface area (Å²) < 4.78 is 0. The number of hydrogen-bond acceptors (Lipinski definition) is 1. The van der Waals surface area contributed by atoms with Gasteiger partial charge >= 0.3 is 0 Å². The van der Waals surface area contributed by atoms with E-state index in [0.717, 1.165) is 11.1 Å². The van der Waals surface area contributed by atoms with Gasteiger partial charge < -0.3 is 0 Å². The molecule has 0 N–H and O–H groups in total. The zero-order valence-electron chi connectivity index (χ0n) is 9.34. The fourth-order valence-electron chi connectivity index (χ4n) is 1.43. The molecule has 0 aliphatic rings. The molecule has 17 heavy (non-hydrogen) atoms. The van der Waals surface area contributed by atoms with Crippen molar-refractivity contribution in [3.05, 3.63) is 77.9 Å². The zero-order valence-corrected chi connectivity index (χ0v) is 13.2. The summed E-state index contributed by atoms with van der Waals surface area (Å²) in [6, 6.07) is 19.1. The van der Waals surface area contributed by atoms with E-state index in [1.54, 1.807) is 6.08 Å². The van der Waals surface area contributed by atoms with Gasteiger partial charge in [-0.05, 0) is 11.6 Å². The second-order valence-electron chi connectivity index (χ2n) is 3.47. The van der Waals surface area contributed by atoms with Gasteiger partial charge in [0.05, 0.1) is 0 Å². The second kappa shape index (κ2) is 7.17. The minimum absolute atomic E-state index is 0. The maximum Gasteiger partial charge on any atom is 0.185 e. The third kappa shape index (κ3) is 4.26. The van der Waals surface area contributed by atoms with Crippen LogP contribution in [0.5, 0.6) is 0 Å². The van der Waals surface area contributed by atoms with Crippen molar-refractivity contribution in [1.82, 2.24) is 0 Å². The molecule has 4 radical (unpaired) electrons. The van der Waals surface area contributed by atoms with Crippen LogP contribution in [0.25, 0.3) is 6.08 Å². The van der Waals surface area contributed by atoms with Gasteiger partial charge in [0.1, 0.15) is 0 Å². The van der Waals surface area contributed by atoms with Crippen LogP contribution in [-0.2, 0) is 0 Å². The molecule has 0 saturated carbocycles. The normalized spacial score (nSPS) is 9.88. The molecule has 2 aromatic carbocycles. The van der Waals surface area contributed by atoms with E-state index in [9.17, 15) is 4.79 Å². The van der Waals surface area contributed by atoms with Crippen LogP contribution >= 0.6 is 0 Å². The van der Waals surface area contributed by atoms with Crippen molar-refractivity contribution >= 4 is 39.2 Å². The van der Waals surface area contributed by atoms with E-state index >= 15 is 0 Å². The van der Waals surface area contributed by atoms with Crippen molar-refractivity contribution in [3.63, 3.8) is 0 Å². The third-order valence-corrected chi connectivity index (χ3v) is 2.29. The first-order chi connectivity index (χ1) is 7.86. The van der Waals surface area contributed by atoms with E-state index in [1.807, 2.05) is 66.7 Å². The van der Waals surface area contributed by atoms with Gasteiger partial charge in [0, 0.05) is 32.9 Å². The van der Waals surface area contributed by atoms with Crippen LogP contribution in [0.3, 0.4) is 0 Å². The van der Waals surface area contributed by atoms with Gasteiger partial charge in [-0.25, -0.2) is 0 Å². The Balaban J connectivity index is 0.00000144. The largest absolute Gasteiger partial charge is 0.289 e. The first-order valence-corrected chi connectivity index (χ1v) is 5.19. The average molecular weight is 415 g/mol. The number of hydrogen-bond donors (Lipinski definition) is 0. The van der Waals surface area contributed by atoms with E-state index in [2.05, 4.69) is 0 Å². The Hall–Kier alpha value is -1.23. The van der Waals surface area contributed by atoms with Gasteiger partial charge in [0.2, 0.25) is 0 Å². The molecule has 2 aromatic rings. The van der Waals surface area contributed by atoms with Crippen molar-refractivity contribution in [2.24, 2.45) is 0 Å². The van der Waals surface area contributed by atoms with E-state index in [-0.39, 0.29) is 33.1 Å². The van der Waals surface area contributed by atoms with Crippen LogP contribution < -0.4 is 0 Å². The smallest absolute Gasteiger partial charge is 0.185 e. The van der Waals surface area contributed by atoms with E-state index in [1.165, 1.54) is 0 Å². The summed E-state index contributed by atoms with van der Waals surface area (Å²) in [5.41, 5.74) is 1.75. The van der Waals surface area contributed by atoms with E-state index in [4.69, 9.17) is 0 Å². The summed E-state index contributed by atoms with van der Waals surface area (Å²) in [5.74, 6) is 0.0319. The Morgan fingerprint density at radius 2 is 1.35 bits per heavy atom. The van der Waals surface area contributed by atoms with Crippen molar-refractivity contribution in [1.29, 1.82) is 0 Å². The molecule has 1 nitrogen and oxygen atoms in total. The molecule has 0 bridgehead atoms. The van der Waals surface area contributed by atoms with Crippen molar-refractivity contribution in [2.45, 2.75) is 0 Å². The molecule has 0 atom stereocenters. The fourth-order valence-corrected chi connectivity index (χ4v) is 1.43. The molecule has 0 amide bonds. The molecule has 0 spiro atoms. The quantitative estimate of drug-likeness (QED) is 0.428. The van der Waals surface area contributed by atoms with Crippen LogP contribution in [0.4, 0.5) is 0 Å². The first-order valence-electron chi connectivity index (χ1n) is 5.19. The molecule has 0 aliphatic carbocycles. The SMILES string of the molecule is O=C(C=Cc1ccccc1)c1ccccc1.[Pb]. The van der Waals surface area contributed by atoms with Crippen molar-refractivity contribution < 1.29 is 4.79 Å². The second-order valence-corrected chi connectivity index (χ2v) is 3.47. The molecule has 0 aliphatic heterocycles. The Kier molecular flexibility index (Phi) is 5.83.